The van der Waals surface area contributed by atoms with Crippen molar-refractivity contribution in [3.8, 4) is 18.2 Å². The summed E-state index contributed by atoms with van der Waals surface area (Å²) in [6, 6.07) is 5.25. The summed E-state index contributed by atoms with van der Waals surface area (Å²) in [4.78, 5) is 0. The molecule has 1 aromatic carbocycles. The molecule has 0 atom stereocenters. The van der Waals surface area contributed by atoms with Crippen molar-refractivity contribution in [3.63, 3.8) is 0 Å². The van der Waals surface area contributed by atoms with E-state index in [1.807, 2.05) is 0 Å². The van der Waals surface area contributed by atoms with Gasteiger partial charge in [-0.1, -0.05) is 34.6 Å². The Balaban J connectivity index is -0.0000000738. The van der Waals surface area contributed by atoms with Gasteiger partial charge in [-0.05, 0) is 0 Å². The van der Waals surface area contributed by atoms with E-state index in [0.29, 0.717) is 0 Å². The van der Waals surface area contributed by atoms with Crippen LogP contribution in [0.25, 0.3) is 0 Å². The molecule has 3 nitrogen and oxygen atoms in total. The van der Waals surface area contributed by atoms with Crippen molar-refractivity contribution in [1.82, 2.24) is 0 Å². The normalized spacial score (nSPS) is 13.3. The third kappa shape index (κ3) is 77.2. The average Bonchev–Trinajstić information content (AvgIpc) is 2.61. The molecule has 0 heterocycles. The molecule has 0 unspecified atom stereocenters. The summed E-state index contributed by atoms with van der Waals surface area (Å²) in [7, 11) is 0. The van der Waals surface area contributed by atoms with Crippen LogP contribution in [-0.2, 0) is 19.5 Å². The van der Waals surface area contributed by atoms with Crippen LogP contribution in [0.15, 0.2) is 0 Å². The predicted octanol–water partition coefficient (Wildman–Crippen LogP) is 8.82. The van der Waals surface area contributed by atoms with Gasteiger partial charge in [-0.25, -0.2) is 0 Å². The molecule has 1 rings (SSSR count). The fourth-order valence-corrected chi connectivity index (χ4v) is 1.41. The van der Waals surface area contributed by atoms with Gasteiger partial charge in [0.2, 0.25) is 0 Å². The summed E-state index contributed by atoms with van der Waals surface area (Å²) in [5.41, 5.74) is 7.34. The van der Waals surface area contributed by atoms with E-state index < -0.39 is 39.0 Å². The smallest absolute Gasteiger partial charge is 2.00 e. The van der Waals surface area contributed by atoms with Gasteiger partial charge < -0.3 is 0 Å². The van der Waals surface area contributed by atoms with Crippen molar-refractivity contribution < 1.29 is 53.2 Å². The van der Waals surface area contributed by atoms with Gasteiger partial charge in [0.05, 0.1) is 18.2 Å². The van der Waals surface area contributed by atoms with Crippen molar-refractivity contribution in [3.05, 3.63) is 27.8 Å². The van der Waals surface area contributed by atoms with Gasteiger partial charge in [0.15, 0.2) is 0 Å². The minimum atomic E-state index is -11.2. The van der Waals surface area contributed by atoms with Crippen molar-refractivity contribution >= 4 is 39.0 Å². The molecule has 0 bridgehead atoms. The van der Waals surface area contributed by atoms with E-state index in [1.54, 1.807) is 18.2 Å². The van der Waals surface area contributed by atoms with Crippen LogP contribution >= 0.6 is 0 Å². The maximum atomic E-state index is 9.93. The molecular weight excluding hydrogens is 809 g/mol. The third-order valence-electron chi connectivity index (χ3n) is 2.81. The Morgan fingerprint density at radius 2 is 0.618 bits per heavy atom. The number of rotatable bonds is 0. The van der Waals surface area contributed by atoms with E-state index in [-0.39, 0.29) is 19.5 Å². The summed E-state index contributed by atoms with van der Waals surface area (Å²) in [5.74, 6) is 0. The first-order valence-electron chi connectivity index (χ1n) is 7.95. The Kier molecular flexibility index (Phi) is 19.3. The van der Waals surface area contributed by atoms with E-state index in [2.05, 4.69) is 34.6 Å². The second-order valence-electron chi connectivity index (χ2n) is 5.71. The fourth-order valence-electron chi connectivity index (χ4n) is 1.41. The third-order valence-corrected chi connectivity index (χ3v) is 2.81. The van der Waals surface area contributed by atoms with Crippen molar-refractivity contribution in [2.45, 2.75) is 55.4 Å². The number of halogens is 12. The van der Waals surface area contributed by atoms with Gasteiger partial charge >= 0.3 is 92.2 Å². The van der Waals surface area contributed by atoms with E-state index in [0.717, 1.165) is 0 Å². The van der Waals surface area contributed by atoms with Crippen LogP contribution in [0.1, 0.15) is 48.6 Å². The van der Waals surface area contributed by atoms with Gasteiger partial charge in [0.25, 0.3) is 0 Å². The number of nitrogens with zero attached hydrogens (tertiary/aromatic N) is 3. The molecule has 0 saturated carbocycles. The summed E-state index contributed by atoms with van der Waals surface area (Å²) >= 11 is -22.5. The second kappa shape index (κ2) is 14.1. The monoisotopic (exact) mass is 831 g/mol. The molecule has 0 aliphatic heterocycles. The predicted molar refractivity (Wildman–Crippen MR) is 104 cm³/mol. The van der Waals surface area contributed by atoms with Crippen LogP contribution < -0.4 is 0 Å². The average molecular weight is 833 g/mol. The standard InChI is InChI=1S/C10H15.3C2H3N.12FH.Rh.2Sb/c1-6-7(2)9(4)10(5)8(6)3;3*1-2-3;;;;;;;;;;;;;;;/h1-5H3;3*1H3;12*1H;;;/q-1;;;;;;;;;;;;;;;;+2;2*+5/p-12. The first-order chi connectivity index (χ1) is 13.7. The molecule has 0 aliphatic rings. The first kappa shape index (κ1) is 46.6. The van der Waals surface area contributed by atoms with Gasteiger partial charge in [0.1, 0.15) is 0 Å². The van der Waals surface area contributed by atoms with Crippen LogP contribution in [0.4, 0.5) is 33.8 Å². The summed E-state index contributed by atoms with van der Waals surface area (Å²) in [6.45, 7) is 15.3. The molecule has 0 aliphatic carbocycles. The fraction of sp³-hybridized carbons (Fsp3) is 0.500. The molecule has 18 heteroatoms. The molecular formula is C16H24F12N3RhSb2-. The van der Waals surface area contributed by atoms with Gasteiger partial charge in [-0.3, -0.25) is 0 Å². The SMILES string of the molecule is CC#N.CC#N.CC#N.Cc1c(C)c(C)[c-](C)c1C.[F][Sb-]([F])([F])([F])([F])[F].[F][Sb-]([F])([F])([F])([F])[F].[Rh+2]. The quantitative estimate of drug-likeness (QED) is 0.149. The second-order valence-corrected chi connectivity index (χ2v) is 16.7. The van der Waals surface area contributed by atoms with Crippen LogP contribution in [0.3, 0.4) is 0 Å². The minimum Gasteiger partial charge on any atom is 2.00 e. The number of nitriles is 3. The molecule has 1 radical (unpaired) electrons. The summed E-state index contributed by atoms with van der Waals surface area (Å²) < 4.78 is 119. The molecule has 0 aromatic heterocycles. The van der Waals surface area contributed by atoms with E-state index >= 15 is 0 Å². The van der Waals surface area contributed by atoms with Crippen LogP contribution in [0.2, 0.25) is 0 Å². The Hall–Kier alpha value is -0.760. The Labute approximate surface area is 208 Å². The zero-order valence-electron chi connectivity index (χ0n) is 19.1. The van der Waals surface area contributed by atoms with Gasteiger partial charge in [-0.2, -0.15) is 43.6 Å². The molecule has 0 N–H and O–H groups in total. The Bertz CT molecular complexity index is 707. The van der Waals surface area contributed by atoms with Crippen molar-refractivity contribution in [2.24, 2.45) is 0 Å². The van der Waals surface area contributed by atoms with Crippen LogP contribution in [0.5, 0.6) is 0 Å². The zero-order chi connectivity index (χ0) is 28.8. The molecule has 1 aromatic rings. The molecule has 0 fully saturated rings. The van der Waals surface area contributed by atoms with Crippen molar-refractivity contribution in [2.75, 3.05) is 0 Å². The van der Waals surface area contributed by atoms with E-state index in [9.17, 15) is 33.8 Å². The Morgan fingerprint density at radius 3 is 0.647 bits per heavy atom. The zero-order valence-corrected chi connectivity index (χ0v) is 25.8. The van der Waals surface area contributed by atoms with Gasteiger partial charge in [-0.15, -0.1) is 0 Å². The van der Waals surface area contributed by atoms with Crippen molar-refractivity contribution in [1.29, 1.82) is 15.8 Å². The molecule has 207 valence electrons. The molecule has 34 heavy (non-hydrogen) atoms. The topological polar surface area (TPSA) is 71.4 Å². The van der Waals surface area contributed by atoms with E-state index in [1.165, 1.54) is 48.6 Å². The Morgan fingerprint density at radius 1 is 0.529 bits per heavy atom. The van der Waals surface area contributed by atoms with Crippen LogP contribution in [-0.4, -0.2) is 39.0 Å². The molecule has 0 amide bonds. The first-order valence-corrected chi connectivity index (χ1v) is 19.5. The maximum absolute atomic E-state index is 11.2. The number of hydrogen-bond acceptors (Lipinski definition) is 3. The van der Waals surface area contributed by atoms with Crippen LogP contribution in [0, 0.1) is 68.6 Å². The minimum absolute atomic E-state index is 0. The maximum Gasteiger partial charge on any atom is 2.00 e. The summed E-state index contributed by atoms with van der Waals surface area (Å²) in [6.07, 6.45) is 0. The molecule has 0 spiro atoms. The van der Waals surface area contributed by atoms with E-state index in [4.69, 9.17) is 15.8 Å². The molecule has 0 saturated heterocycles. The summed E-state index contributed by atoms with van der Waals surface area (Å²) in [5, 5.41) is 22.0. The van der Waals surface area contributed by atoms with Gasteiger partial charge in [0, 0.05) is 20.8 Å². The largest absolute Gasteiger partial charge is 2.00 e. The number of hydrogen-bond donors (Lipinski definition) is 0.